The van der Waals surface area contributed by atoms with Crippen molar-refractivity contribution in [1.29, 1.82) is 0 Å². The fourth-order valence-corrected chi connectivity index (χ4v) is 1.62. The molecule has 1 amide bonds. The molecule has 20 heavy (non-hydrogen) atoms. The van der Waals surface area contributed by atoms with Crippen LogP contribution in [0.3, 0.4) is 0 Å². The van der Waals surface area contributed by atoms with E-state index in [2.05, 4.69) is 5.32 Å². The lowest BCUT2D eigenvalue weighted by atomic mass is 9.90. The number of aliphatic carboxylic acids is 1. The van der Waals surface area contributed by atoms with Crippen LogP contribution in [-0.2, 0) is 4.79 Å². The summed E-state index contributed by atoms with van der Waals surface area (Å²) in [5.74, 6) is -3.99. The Kier molecular flexibility index (Phi) is 5.05. The maximum Gasteiger partial charge on any atom is 0.309 e. The van der Waals surface area contributed by atoms with Gasteiger partial charge in [-0.05, 0) is 32.4 Å². The van der Waals surface area contributed by atoms with Crippen molar-refractivity contribution in [3.63, 3.8) is 0 Å². The molecule has 7 heteroatoms. The molecule has 0 unspecified atom stereocenters. The first-order chi connectivity index (χ1) is 9.15. The van der Waals surface area contributed by atoms with Crippen LogP contribution < -0.4 is 5.32 Å². The summed E-state index contributed by atoms with van der Waals surface area (Å²) >= 11 is 5.65. The largest absolute Gasteiger partial charge is 0.481 e. The predicted octanol–water partition coefficient (Wildman–Crippen LogP) is 2.85. The van der Waals surface area contributed by atoms with E-state index in [4.69, 9.17) is 16.7 Å². The van der Waals surface area contributed by atoms with Gasteiger partial charge in [0.05, 0.1) is 16.0 Å². The monoisotopic (exact) mass is 305 g/mol. The molecule has 0 saturated carbocycles. The second-order valence-corrected chi connectivity index (χ2v) is 5.35. The summed E-state index contributed by atoms with van der Waals surface area (Å²) in [7, 11) is 0. The van der Waals surface area contributed by atoms with E-state index in [9.17, 15) is 18.4 Å². The highest BCUT2D eigenvalue weighted by Gasteiger charge is 2.26. The summed E-state index contributed by atoms with van der Waals surface area (Å²) in [6, 6.07) is 1.42. The van der Waals surface area contributed by atoms with Gasteiger partial charge in [-0.1, -0.05) is 11.6 Å². The van der Waals surface area contributed by atoms with E-state index in [-0.39, 0.29) is 23.6 Å². The Labute approximate surface area is 119 Å². The first-order valence-corrected chi connectivity index (χ1v) is 6.19. The van der Waals surface area contributed by atoms with Gasteiger partial charge in [-0.3, -0.25) is 9.59 Å². The van der Waals surface area contributed by atoms with E-state index in [1.165, 1.54) is 13.8 Å². The molecular formula is C13H14ClF2NO3. The minimum absolute atomic E-state index is 0.0768. The molecule has 110 valence electrons. The van der Waals surface area contributed by atoms with Crippen LogP contribution in [-0.4, -0.2) is 23.5 Å². The number of benzene rings is 1. The van der Waals surface area contributed by atoms with Gasteiger partial charge in [0.25, 0.3) is 5.91 Å². The van der Waals surface area contributed by atoms with E-state index in [0.29, 0.717) is 12.1 Å². The van der Waals surface area contributed by atoms with Crippen molar-refractivity contribution in [1.82, 2.24) is 5.32 Å². The highest BCUT2D eigenvalue weighted by Crippen LogP contribution is 2.21. The Bertz CT molecular complexity index is 547. The fourth-order valence-electron chi connectivity index (χ4n) is 1.39. The molecule has 0 aliphatic heterocycles. The molecule has 0 spiro atoms. The van der Waals surface area contributed by atoms with E-state index in [0.717, 1.165) is 0 Å². The molecule has 0 radical (unpaired) electrons. The van der Waals surface area contributed by atoms with Crippen LogP contribution in [0.4, 0.5) is 8.78 Å². The first kappa shape index (κ1) is 16.4. The molecule has 0 aliphatic rings. The van der Waals surface area contributed by atoms with Gasteiger partial charge in [0.1, 0.15) is 0 Å². The molecule has 0 heterocycles. The third-order valence-electron chi connectivity index (χ3n) is 2.87. The number of hydrogen-bond donors (Lipinski definition) is 2. The molecule has 1 rings (SSSR count). The van der Waals surface area contributed by atoms with E-state index in [1.54, 1.807) is 0 Å². The van der Waals surface area contributed by atoms with Crippen LogP contribution in [0.1, 0.15) is 30.6 Å². The Hall–Kier alpha value is -1.69. The number of nitrogens with one attached hydrogen (secondary N) is 1. The van der Waals surface area contributed by atoms with E-state index in [1.807, 2.05) is 0 Å². The number of carboxylic acid groups (broad SMARTS) is 1. The predicted molar refractivity (Wildman–Crippen MR) is 69.7 cm³/mol. The summed E-state index contributed by atoms with van der Waals surface area (Å²) in [6.07, 6.45) is 0.190. The summed E-state index contributed by atoms with van der Waals surface area (Å²) in [5.41, 5.74) is -1.19. The van der Waals surface area contributed by atoms with Crippen LogP contribution in [0.25, 0.3) is 0 Å². The Balaban J connectivity index is 2.69. The lowest BCUT2D eigenvalue weighted by Gasteiger charge is -2.19. The Morgan fingerprint density at radius 3 is 2.40 bits per heavy atom. The van der Waals surface area contributed by atoms with E-state index >= 15 is 0 Å². The first-order valence-electron chi connectivity index (χ1n) is 5.81. The molecule has 1 aromatic rings. The number of carbonyl (C=O) groups excluding carboxylic acids is 1. The molecule has 0 aromatic heterocycles. The minimum atomic E-state index is -1.18. The van der Waals surface area contributed by atoms with Crippen molar-refractivity contribution in [2.75, 3.05) is 6.54 Å². The van der Waals surface area contributed by atoms with Gasteiger partial charge < -0.3 is 10.4 Å². The molecule has 0 aliphatic carbocycles. The average molecular weight is 306 g/mol. The van der Waals surface area contributed by atoms with Gasteiger partial charge in [0.15, 0.2) is 11.6 Å². The molecule has 0 atom stereocenters. The Morgan fingerprint density at radius 2 is 1.85 bits per heavy atom. The molecule has 0 bridgehead atoms. The number of carbonyl (C=O) groups is 2. The zero-order chi connectivity index (χ0) is 15.5. The molecule has 0 fully saturated rings. The van der Waals surface area contributed by atoms with Gasteiger partial charge in [-0.25, -0.2) is 8.78 Å². The van der Waals surface area contributed by atoms with Crippen LogP contribution in [0.15, 0.2) is 12.1 Å². The van der Waals surface area contributed by atoms with Crippen molar-refractivity contribution < 1.29 is 23.5 Å². The molecule has 4 nitrogen and oxygen atoms in total. The highest BCUT2D eigenvalue weighted by molar-refractivity contribution is 6.33. The van der Waals surface area contributed by atoms with Crippen molar-refractivity contribution in [2.45, 2.75) is 20.3 Å². The van der Waals surface area contributed by atoms with Crippen LogP contribution in [0, 0.1) is 17.0 Å². The number of hydrogen-bond acceptors (Lipinski definition) is 2. The van der Waals surface area contributed by atoms with Crippen molar-refractivity contribution in [2.24, 2.45) is 5.41 Å². The SMILES string of the molecule is CC(C)(CCNC(=O)c1cc(F)c(F)cc1Cl)C(=O)O. The highest BCUT2D eigenvalue weighted by atomic mass is 35.5. The number of halogens is 3. The normalized spacial score (nSPS) is 11.2. The van der Waals surface area contributed by atoms with Gasteiger partial charge in [0.2, 0.25) is 0 Å². The summed E-state index contributed by atoms with van der Waals surface area (Å²) in [4.78, 5) is 22.6. The zero-order valence-electron chi connectivity index (χ0n) is 11.0. The minimum Gasteiger partial charge on any atom is -0.481 e. The zero-order valence-corrected chi connectivity index (χ0v) is 11.7. The van der Waals surface area contributed by atoms with Gasteiger partial charge in [-0.2, -0.15) is 0 Å². The number of amides is 1. The van der Waals surface area contributed by atoms with Crippen molar-refractivity contribution >= 4 is 23.5 Å². The second-order valence-electron chi connectivity index (χ2n) is 4.94. The number of rotatable bonds is 5. The lowest BCUT2D eigenvalue weighted by molar-refractivity contribution is -0.147. The quantitative estimate of drug-likeness (QED) is 0.822. The summed E-state index contributed by atoms with van der Waals surface area (Å²) in [6.45, 7) is 3.12. The molecule has 1 aromatic carbocycles. The standard InChI is InChI=1S/C13H14ClF2NO3/c1-13(2,12(19)20)3-4-17-11(18)7-5-9(15)10(16)6-8(7)14/h5-6H,3-4H2,1-2H3,(H,17,18)(H,19,20). The van der Waals surface area contributed by atoms with Crippen molar-refractivity contribution in [3.05, 3.63) is 34.4 Å². The molecule has 2 N–H and O–H groups in total. The van der Waals surface area contributed by atoms with Crippen LogP contribution >= 0.6 is 11.6 Å². The Morgan fingerprint density at radius 1 is 1.30 bits per heavy atom. The van der Waals surface area contributed by atoms with Crippen LogP contribution in [0.5, 0.6) is 0 Å². The maximum atomic E-state index is 13.0. The lowest BCUT2D eigenvalue weighted by Crippen LogP contribution is -2.32. The molecular weight excluding hydrogens is 292 g/mol. The molecule has 0 saturated heterocycles. The third-order valence-corrected chi connectivity index (χ3v) is 3.18. The summed E-state index contributed by atoms with van der Waals surface area (Å²) < 4.78 is 25.9. The maximum absolute atomic E-state index is 13.0. The smallest absolute Gasteiger partial charge is 0.309 e. The second kappa shape index (κ2) is 6.17. The van der Waals surface area contributed by atoms with Gasteiger partial charge in [0, 0.05) is 6.54 Å². The summed E-state index contributed by atoms with van der Waals surface area (Å²) in [5, 5.41) is 11.1. The van der Waals surface area contributed by atoms with Crippen molar-refractivity contribution in [3.8, 4) is 0 Å². The number of carboxylic acids is 1. The van der Waals surface area contributed by atoms with Gasteiger partial charge >= 0.3 is 5.97 Å². The third kappa shape index (κ3) is 3.90. The van der Waals surface area contributed by atoms with E-state index < -0.39 is 28.9 Å². The van der Waals surface area contributed by atoms with Crippen LogP contribution in [0.2, 0.25) is 5.02 Å². The average Bonchev–Trinajstić information content (AvgIpc) is 2.33. The fraction of sp³-hybridized carbons (Fsp3) is 0.385. The topological polar surface area (TPSA) is 66.4 Å². The van der Waals surface area contributed by atoms with Gasteiger partial charge in [-0.15, -0.1) is 0 Å².